The summed E-state index contributed by atoms with van der Waals surface area (Å²) in [5.74, 6) is -0.318. The molecule has 1 aromatic rings. The number of rotatable bonds is 3. The zero-order valence-electron chi connectivity index (χ0n) is 8.59. The molecule has 2 rings (SSSR count). The summed E-state index contributed by atoms with van der Waals surface area (Å²) in [5, 5.41) is 9.33. The Hall–Kier alpha value is -1.29. The Kier molecular flexibility index (Phi) is 2.31. The van der Waals surface area contributed by atoms with Gasteiger partial charge >= 0.3 is 0 Å². The van der Waals surface area contributed by atoms with Gasteiger partial charge in [-0.15, -0.1) is 0 Å². The molecule has 3 N–H and O–H groups in total. The van der Waals surface area contributed by atoms with Crippen molar-refractivity contribution in [2.45, 2.75) is 24.8 Å². The van der Waals surface area contributed by atoms with Gasteiger partial charge in [-0.1, -0.05) is 0 Å². The molecule has 0 spiro atoms. The molecular formula is C11H14FNO2. The number of ether oxygens (including phenoxy) is 1. The minimum absolute atomic E-state index is 0.180. The van der Waals surface area contributed by atoms with Crippen molar-refractivity contribution in [1.29, 1.82) is 0 Å². The van der Waals surface area contributed by atoms with Gasteiger partial charge in [0, 0.05) is 11.6 Å². The van der Waals surface area contributed by atoms with E-state index < -0.39 is 5.82 Å². The fourth-order valence-electron chi connectivity index (χ4n) is 1.60. The Morgan fingerprint density at radius 3 is 2.73 bits per heavy atom. The van der Waals surface area contributed by atoms with Gasteiger partial charge in [0.15, 0.2) is 11.5 Å². The van der Waals surface area contributed by atoms with E-state index in [1.807, 2.05) is 0 Å². The fourth-order valence-corrected chi connectivity index (χ4v) is 1.60. The molecule has 1 aromatic carbocycles. The Labute approximate surface area is 87.7 Å². The number of nitrogens with two attached hydrogens (primary N) is 1. The lowest BCUT2D eigenvalue weighted by molar-refractivity contribution is 0.369. The average Bonchev–Trinajstić information content (AvgIpc) is 2.89. The summed E-state index contributed by atoms with van der Waals surface area (Å²) in [6.45, 7) is 0. The van der Waals surface area contributed by atoms with Crippen molar-refractivity contribution >= 4 is 0 Å². The molecule has 15 heavy (non-hydrogen) atoms. The second-order valence-corrected chi connectivity index (χ2v) is 4.15. The van der Waals surface area contributed by atoms with Crippen molar-refractivity contribution in [2.75, 3.05) is 7.11 Å². The van der Waals surface area contributed by atoms with E-state index in [9.17, 15) is 9.50 Å². The first-order valence-electron chi connectivity index (χ1n) is 4.88. The number of hydrogen-bond acceptors (Lipinski definition) is 3. The molecule has 1 fully saturated rings. The normalized spacial score (nSPS) is 17.5. The Morgan fingerprint density at radius 1 is 1.53 bits per heavy atom. The molecule has 82 valence electrons. The molecule has 1 saturated carbocycles. The Bertz CT molecular complexity index is 388. The number of benzene rings is 1. The van der Waals surface area contributed by atoms with E-state index >= 15 is 0 Å². The minimum atomic E-state index is -0.426. The van der Waals surface area contributed by atoms with Gasteiger partial charge in [-0.05, 0) is 30.9 Å². The average molecular weight is 211 g/mol. The third-order valence-corrected chi connectivity index (χ3v) is 2.78. The van der Waals surface area contributed by atoms with Gasteiger partial charge in [0.25, 0.3) is 0 Å². The molecule has 0 unspecified atom stereocenters. The molecule has 0 aliphatic heterocycles. The standard InChI is InChI=1S/C11H14FNO2/c1-15-10-4-7(6-11(13)2-3-11)8(12)5-9(10)14/h4-5,14H,2-3,6,13H2,1H3. The maximum atomic E-state index is 13.5. The van der Waals surface area contributed by atoms with Crippen molar-refractivity contribution in [2.24, 2.45) is 5.73 Å². The van der Waals surface area contributed by atoms with Gasteiger partial charge in [0.2, 0.25) is 0 Å². The lowest BCUT2D eigenvalue weighted by Crippen LogP contribution is -2.25. The number of halogens is 1. The van der Waals surface area contributed by atoms with Gasteiger partial charge in [-0.3, -0.25) is 0 Å². The van der Waals surface area contributed by atoms with Gasteiger partial charge in [-0.25, -0.2) is 4.39 Å². The van der Waals surface area contributed by atoms with Crippen molar-refractivity contribution in [3.63, 3.8) is 0 Å². The van der Waals surface area contributed by atoms with Gasteiger partial charge in [0.1, 0.15) is 5.82 Å². The number of methoxy groups -OCH3 is 1. The summed E-state index contributed by atoms with van der Waals surface area (Å²) in [7, 11) is 1.44. The molecule has 0 amide bonds. The number of aromatic hydroxyl groups is 1. The summed E-state index contributed by atoms with van der Waals surface area (Å²) >= 11 is 0. The van der Waals surface area contributed by atoms with Crippen LogP contribution in [0.15, 0.2) is 12.1 Å². The van der Waals surface area contributed by atoms with Crippen LogP contribution in [0.25, 0.3) is 0 Å². The molecule has 1 aliphatic rings. The summed E-state index contributed by atoms with van der Waals surface area (Å²) in [6, 6.07) is 2.58. The first-order chi connectivity index (χ1) is 7.04. The fraction of sp³-hybridized carbons (Fsp3) is 0.455. The minimum Gasteiger partial charge on any atom is -0.504 e. The van der Waals surface area contributed by atoms with Crippen LogP contribution in [0.3, 0.4) is 0 Å². The van der Waals surface area contributed by atoms with Crippen LogP contribution >= 0.6 is 0 Å². The first-order valence-corrected chi connectivity index (χ1v) is 4.88. The molecule has 1 aliphatic carbocycles. The molecule has 4 heteroatoms. The van der Waals surface area contributed by atoms with Crippen LogP contribution in [0.4, 0.5) is 4.39 Å². The van der Waals surface area contributed by atoms with Gasteiger partial charge < -0.3 is 15.6 Å². The molecule has 0 saturated heterocycles. The zero-order chi connectivity index (χ0) is 11.1. The number of phenolic OH excluding ortho intramolecular Hbond substituents is 1. The van der Waals surface area contributed by atoms with E-state index in [-0.39, 0.29) is 17.0 Å². The van der Waals surface area contributed by atoms with Crippen molar-refractivity contribution < 1.29 is 14.2 Å². The number of hydrogen-bond donors (Lipinski definition) is 2. The molecule has 0 radical (unpaired) electrons. The predicted octanol–water partition coefficient (Wildman–Crippen LogP) is 1.57. The summed E-state index contributed by atoms with van der Waals surface area (Å²) in [6.07, 6.45) is 2.35. The highest BCUT2D eigenvalue weighted by Gasteiger charge is 2.38. The van der Waals surface area contributed by atoms with E-state index in [0.717, 1.165) is 18.9 Å². The number of phenols is 1. The molecule has 0 atom stereocenters. The lowest BCUT2D eigenvalue weighted by Gasteiger charge is -2.11. The monoisotopic (exact) mass is 211 g/mol. The summed E-state index contributed by atoms with van der Waals surface area (Å²) < 4.78 is 18.4. The van der Waals surface area contributed by atoms with Crippen LogP contribution < -0.4 is 10.5 Å². The quantitative estimate of drug-likeness (QED) is 0.798. The van der Waals surface area contributed by atoms with Crippen LogP contribution in [0.1, 0.15) is 18.4 Å². The maximum Gasteiger partial charge on any atom is 0.160 e. The van der Waals surface area contributed by atoms with Crippen LogP contribution in [0.5, 0.6) is 11.5 Å². The smallest absolute Gasteiger partial charge is 0.160 e. The van der Waals surface area contributed by atoms with E-state index in [1.54, 1.807) is 0 Å². The predicted molar refractivity (Wildman–Crippen MR) is 54.5 cm³/mol. The Morgan fingerprint density at radius 2 is 2.20 bits per heavy atom. The highest BCUT2D eigenvalue weighted by molar-refractivity contribution is 5.43. The second-order valence-electron chi connectivity index (χ2n) is 4.15. The van der Waals surface area contributed by atoms with Crippen molar-refractivity contribution in [3.8, 4) is 11.5 Å². The van der Waals surface area contributed by atoms with Crippen LogP contribution in [-0.2, 0) is 6.42 Å². The van der Waals surface area contributed by atoms with Gasteiger partial charge in [-0.2, -0.15) is 0 Å². The van der Waals surface area contributed by atoms with Crippen molar-refractivity contribution in [1.82, 2.24) is 0 Å². The molecule has 0 aromatic heterocycles. The third kappa shape index (κ3) is 2.04. The van der Waals surface area contributed by atoms with E-state index in [2.05, 4.69) is 0 Å². The zero-order valence-corrected chi connectivity index (χ0v) is 8.59. The molecule has 0 heterocycles. The van der Waals surface area contributed by atoms with E-state index in [4.69, 9.17) is 10.5 Å². The van der Waals surface area contributed by atoms with Crippen LogP contribution in [-0.4, -0.2) is 17.8 Å². The highest BCUT2D eigenvalue weighted by Crippen LogP contribution is 2.38. The third-order valence-electron chi connectivity index (χ3n) is 2.78. The maximum absolute atomic E-state index is 13.5. The first kappa shape index (κ1) is 10.2. The Balaban J connectivity index is 2.29. The SMILES string of the molecule is COc1cc(CC2(N)CC2)c(F)cc1O. The van der Waals surface area contributed by atoms with E-state index in [0.29, 0.717) is 12.0 Å². The van der Waals surface area contributed by atoms with Crippen molar-refractivity contribution in [3.05, 3.63) is 23.5 Å². The van der Waals surface area contributed by atoms with E-state index in [1.165, 1.54) is 13.2 Å². The lowest BCUT2D eigenvalue weighted by atomic mass is 10.0. The van der Waals surface area contributed by atoms with Gasteiger partial charge in [0.05, 0.1) is 7.11 Å². The molecule has 0 bridgehead atoms. The van der Waals surface area contributed by atoms with Crippen LogP contribution in [0.2, 0.25) is 0 Å². The summed E-state index contributed by atoms with van der Waals surface area (Å²) in [5.41, 5.74) is 6.16. The largest absolute Gasteiger partial charge is 0.504 e. The molecular weight excluding hydrogens is 197 g/mol. The second kappa shape index (κ2) is 3.38. The summed E-state index contributed by atoms with van der Waals surface area (Å²) in [4.78, 5) is 0. The molecule has 3 nitrogen and oxygen atoms in total. The topological polar surface area (TPSA) is 55.5 Å². The van der Waals surface area contributed by atoms with Crippen LogP contribution in [0, 0.1) is 5.82 Å². The highest BCUT2D eigenvalue weighted by atomic mass is 19.1.